The van der Waals surface area contributed by atoms with Crippen LogP contribution in [0.4, 0.5) is 0 Å². The number of rotatable bonds is 6. The molecule has 1 atom stereocenters. The molecule has 7 nitrogen and oxygen atoms in total. The van der Waals surface area contributed by atoms with Crippen molar-refractivity contribution < 1.29 is 18.7 Å². The third-order valence-electron chi connectivity index (χ3n) is 4.14. The zero-order chi connectivity index (χ0) is 18.4. The van der Waals surface area contributed by atoms with Crippen molar-refractivity contribution >= 4 is 11.9 Å². The summed E-state index contributed by atoms with van der Waals surface area (Å²) in [4.78, 5) is 25.5. The van der Waals surface area contributed by atoms with Crippen LogP contribution in [0.15, 0.2) is 4.42 Å². The summed E-state index contributed by atoms with van der Waals surface area (Å²) in [6, 6.07) is 0. The van der Waals surface area contributed by atoms with Crippen LogP contribution in [0.1, 0.15) is 71.1 Å². The molecule has 25 heavy (non-hydrogen) atoms. The molecule has 2 rings (SSSR count). The highest BCUT2D eigenvalue weighted by Crippen LogP contribution is 2.28. The second kappa shape index (κ2) is 8.45. The van der Waals surface area contributed by atoms with Crippen molar-refractivity contribution in [1.29, 1.82) is 0 Å². The van der Waals surface area contributed by atoms with Gasteiger partial charge in [0.1, 0.15) is 0 Å². The third kappa shape index (κ3) is 6.14. The number of likely N-dealkylation sites (tertiary alicyclic amines) is 1. The Labute approximate surface area is 149 Å². The van der Waals surface area contributed by atoms with E-state index in [1.165, 1.54) is 0 Å². The van der Waals surface area contributed by atoms with E-state index >= 15 is 0 Å². The Morgan fingerprint density at radius 2 is 2.04 bits per heavy atom. The first kappa shape index (κ1) is 19.4. The van der Waals surface area contributed by atoms with E-state index in [0.29, 0.717) is 31.5 Å². The van der Waals surface area contributed by atoms with Crippen LogP contribution in [0.3, 0.4) is 0 Å². The molecular formula is C18H29N3O4. The lowest BCUT2D eigenvalue weighted by atomic mass is 9.92. The number of carbonyl (C=O) groups excluding carboxylic acids is 2. The van der Waals surface area contributed by atoms with Crippen LogP contribution in [0.5, 0.6) is 0 Å². The maximum Gasteiger partial charge on any atom is 0.306 e. The Kier molecular flexibility index (Phi) is 6.56. The second-order valence-corrected chi connectivity index (χ2v) is 7.76. The number of piperidine rings is 1. The van der Waals surface area contributed by atoms with Crippen molar-refractivity contribution in [3.05, 3.63) is 11.8 Å². The molecule has 140 valence electrons. The maximum absolute atomic E-state index is 12.3. The van der Waals surface area contributed by atoms with Gasteiger partial charge >= 0.3 is 5.97 Å². The fourth-order valence-corrected chi connectivity index (χ4v) is 2.96. The molecule has 2 heterocycles. The minimum atomic E-state index is -0.326. The largest absolute Gasteiger partial charge is 0.466 e. The summed E-state index contributed by atoms with van der Waals surface area (Å²) >= 11 is 0. The Bertz CT molecular complexity index is 591. The van der Waals surface area contributed by atoms with Crippen LogP contribution in [-0.4, -0.2) is 46.7 Å². The van der Waals surface area contributed by atoms with Gasteiger partial charge in [-0.2, -0.15) is 0 Å². The lowest BCUT2D eigenvalue weighted by molar-refractivity contribution is -0.146. The molecule has 0 saturated carbocycles. The predicted molar refractivity (Wildman–Crippen MR) is 91.9 cm³/mol. The average Bonchev–Trinajstić information content (AvgIpc) is 2.99. The number of hydrogen-bond acceptors (Lipinski definition) is 6. The summed E-state index contributed by atoms with van der Waals surface area (Å²) in [6.45, 7) is 9.75. The van der Waals surface area contributed by atoms with Gasteiger partial charge in [-0.15, -0.1) is 10.2 Å². The summed E-state index contributed by atoms with van der Waals surface area (Å²) < 4.78 is 10.7. The van der Waals surface area contributed by atoms with Gasteiger partial charge in [0.25, 0.3) is 0 Å². The van der Waals surface area contributed by atoms with Gasteiger partial charge < -0.3 is 14.1 Å². The van der Waals surface area contributed by atoms with E-state index in [1.807, 2.05) is 0 Å². The molecule has 1 aromatic rings. The highest BCUT2D eigenvalue weighted by atomic mass is 16.5. The van der Waals surface area contributed by atoms with E-state index in [2.05, 4.69) is 31.0 Å². The summed E-state index contributed by atoms with van der Waals surface area (Å²) in [5, 5.41) is 8.33. The first-order valence-corrected chi connectivity index (χ1v) is 9.04. The van der Waals surface area contributed by atoms with Crippen molar-refractivity contribution in [1.82, 2.24) is 15.1 Å². The summed E-state index contributed by atoms with van der Waals surface area (Å²) in [5.74, 6) is 0.984. The van der Waals surface area contributed by atoms with Gasteiger partial charge in [-0.05, 0) is 25.2 Å². The molecule has 0 aromatic carbocycles. The maximum atomic E-state index is 12.3. The van der Waals surface area contributed by atoms with Gasteiger partial charge in [0, 0.05) is 25.9 Å². The molecular weight excluding hydrogens is 322 g/mol. The van der Waals surface area contributed by atoms with E-state index in [1.54, 1.807) is 11.8 Å². The van der Waals surface area contributed by atoms with E-state index in [4.69, 9.17) is 9.15 Å². The van der Waals surface area contributed by atoms with Gasteiger partial charge in [0.05, 0.1) is 18.9 Å². The van der Waals surface area contributed by atoms with Crippen LogP contribution >= 0.6 is 0 Å². The van der Waals surface area contributed by atoms with Gasteiger partial charge in [-0.3, -0.25) is 9.59 Å². The predicted octanol–water partition coefficient (Wildman–Crippen LogP) is 2.71. The molecule has 0 bridgehead atoms. The topological polar surface area (TPSA) is 85.5 Å². The number of nitrogens with zero attached hydrogens (tertiary/aromatic N) is 3. The molecule has 1 fully saturated rings. The summed E-state index contributed by atoms with van der Waals surface area (Å²) in [6.07, 6.45) is 2.87. The van der Waals surface area contributed by atoms with E-state index < -0.39 is 0 Å². The fourth-order valence-electron chi connectivity index (χ4n) is 2.96. The van der Waals surface area contributed by atoms with Crippen LogP contribution in [0.2, 0.25) is 0 Å². The van der Waals surface area contributed by atoms with Crippen LogP contribution in [0, 0.1) is 5.41 Å². The highest BCUT2D eigenvalue weighted by Gasteiger charge is 2.29. The summed E-state index contributed by atoms with van der Waals surface area (Å²) in [5.41, 5.74) is 0.0888. The lowest BCUT2D eigenvalue weighted by Crippen LogP contribution is -2.39. The number of ether oxygens (including phenoxy) is 1. The molecule has 1 saturated heterocycles. The Balaban J connectivity index is 1.90. The highest BCUT2D eigenvalue weighted by molar-refractivity contribution is 5.81. The average molecular weight is 351 g/mol. The van der Waals surface area contributed by atoms with Crippen molar-refractivity contribution in [2.24, 2.45) is 5.41 Å². The van der Waals surface area contributed by atoms with Crippen molar-refractivity contribution in [2.45, 2.75) is 65.7 Å². The molecule has 0 unspecified atom stereocenters. The molecule has 1 aromatic heterocycles. The minimum Gasteiger partial charge on any atom is -0.466 e. The van der Waals surface area contributed by atoms with Crippen molar-refractivity contribution in [3.63, 3.8) is 0 Å². The van der Waals surface area contributed by atoms with Crippen LogP contribution < -0.4 is 0 Å². The Morgan fingerprint density at radius 1 is 1.28 bits per heavy atom. The molecule has 1 amide bonds. The Morgan fingerprint density at radius 3 is 2.72 bits per heavy atom. The monoisotopic (exact) mass is 351 g/mol. The standard InChI is InChI=1S/C18H29N3O4/c1-5-24-16(23)9-8-15(22)21-10-6-7-13(12-21)17-20-19-14(25-17)11-18(2,3)4/h13H,5-12H2,1-4H3/t13-/m0/s1. The van der Waals surface area contributed by atoms with Crippen LogP contribution in [-0.2, 0) is 20.7 Å². The molecule has 1 aliphatic rings. The smallest absolute Gasteiger partial charge is 0.306 e. The van der Waals surface area contributed by atoms with Gasteiger partial charge in [-0.25, -0.2) is 0 Å². The quantitative estimate of drug-likeness (QED) is 0.733. The van der Waals surface area contributed by atoms with Crippen LogP contribution in [0.25, 0.3) is 0 Å². The molecule has 0 aliphatic carbocycles. The van der Waals surface area contributed by atoms with Crippen molar-refractivity contribution in [2.75, 3.05) is 19.7 Å². The SMILES string of the molecule is CCOC(=O)CCC(=O)N1CCC[C@H](c2nnc(CC(C)(C)C)o2)C1. The number of amides is 1. The van der Waals surface area contributed by atoms with Gasteiger partial charge in [0.2, 0.25) is 17.7 Å². The zero-order valence-corrected chi connectivity index (χ0v) is 15.7. The summed E-state index contributed by atoms with van der Waals surface area (Å²) in [7, 11) is 0. The van der Waals surface area contributed by atoms with Crippen molar-refractivity contribution in [3.8, 4) is 0 Å². The minimum absolute atomic E-state index is 0.0211. The van der Waals surface area contributed by atoms with E-state index in [0.717, 1.165) is 19.3 Å². The first-order chi connectivity index (χ1) is 11.8. The number of esters is 1. The Hall–Kier alpha value is -1.92. The normalized spacial score (nSPS) is 18.2. The molecule has 0 spiro atoms. The molecule has 1 aliphatic heterocycles. The van der Waals surface area contributed by atoms with Gasteiger partial charge in [0.15, 0.2) is 0 Å². The zero-order valence-electron chi connectivity index (χ0n) is 15.7. The van der Waals surface area contributed by atoms with E-state index in [-0.39, 0.29) is 36.1 Å². The molecule has 0 N–H and O–H groups in total. The fraction of sp³-hybridized carbons (Fsp3) is 0.778. The molecule has 7 heteroatoms. The van der Waals surface area contributed by atoms with Gasteiger partial charge in [-0.1, -0.05) is 20.8 Å². The third-order valence-corrected chi connectivity index (χ3v) is 4.14. The lowest BCUT2D eigenvalue weighted by Gasteiger charge is -2.31. The van der Waals surface area contributed by atoms with E-state index in [9.17, 15) is 9.59 Å². The number of aromatic nitrogens is 2. The molecule has 0 radical (unpaired) electrons. The second-order valence-electron chi connectivity index (χ2n) is 7.76. The number of carbonyl (C=O) groups is 2. The number of hydrogen-bond donors (Lipinski definition) is 0. The first-order valence-electron chi connectivity index (χ1n) is 9.04.